The first-order valence-corrected chi connectivity index (χ1v) is 7.88. The van der Waals surface area contributed by atoms with E-state index < -0.39 is 0 Å². The molecule has 1 aromatic carbocycles. The lowest BCUT2D eigenvalue weighted by Crippen LogP contribution is -2.28. The third kappa shape index (κ3) is 5.54. The smallest absolute Gasteiger partial charge is 0.119 e. The van der Waals surface area contributed by atoms with Crippen molar-refractivity contribution in [2.24, 2.45) is 11.8 Å². The summed E-state index contributed by atoms with van der Waals surface area (Å²) in [5, 5.41) is 0. The summed E-state index contributed by atoms with van der Waals surface area (Å²) in [6.45, 7) is 5.80. The molecule has 0 heterocycles. The summed E-state index contributed by atoms with van der Waals surface area (Å²) in [4.78, 5) is 2.32. The Bertz CT molecular complexity index is 375. The fraction of sp³-hybridized carbons (Fsp3) is 0.667. The highest BCUT2D eigenvalue weighted by molar-refractivity contribution is 5.28. The number of nitrogens with zero attached hydrogens (tertiary/aromatic N) is 1. The molecule has 0 aliphatic carbocycles. The lowest BCUT2D eigenvalue weighted by Gasteiger charge is -2.29. The fourth-order valence-electron chi connectivity index (χ4n) is 3.06. The molecule has 0 aliphatic rings. The van der Waals surface area contributed by atoms with E-state index in [-0.39, 0.29) is 0 Å². The van der Waals surface area contributed by atoms with E-state index in [1.54, 1.807) is 7.11 Å². The van der Waals surface area contributed by atoms with Gasteiger partial charge < -0.3 is 9.64 Å². The quantitative estimate of drug-likeness (QED) is 0.669. The van der Waals surface area contributed by atoms with Gasteiger partial charge in [0.25, 0.3) is 0 Å². The Morgan fingerprint density at radius 3 is 2.45 bits per heavy atom. The Balaban J connectivity index is 2.78. The van der Waals surface area contributed by atoms with Crippen LogP contribution in [0.3, 0.4) is 0 Å². The van der Waals surface area contributed by atoms with Crippen LogP contribution < -0.4 is 4.74 Å². The van der Waals surface area contributed by atoms with Gasteiger partial charge in [0.1, 0.15) is 5.75 Å². The van der Waals surface area contributed by atoms with Crippen molar-refractivity contribution < 1.29 is 4.74 Å². The second-order valence-electron chi connectivity index (χ2n) is 6.03. The SMILES string of the molecule is CCCC(Cc1cccc(OC)c1)[C@H](CC)CN(C)C. The van der Waals surface area contributed by atoms with Crippen LogP contribution in [-0.2, 0) is 6.42 Å². The van der Waals surface area contributed by atoms with Gasteiger partial charge in [-0.3, -0.25) is 0 Å². The normalized spacial score (nSPS) is 14.3. The average Bonchev–Trinajstić information content (AvgIpc) is 2.44. The van der Waals surface area contributed by atoms with E-state index in [0.717, 1.165) is 24.0 Å². The van der Waals surface area contributed by atoms with Gasteiger partial charge in [-0.1, -0.05) is 45.2 Å². The highest BCUT2D eigenvalue weighted by atomic mass is 16.5. The molecule has 0 aliphatic heterocycles. The second-order valence-corrected chi connectivity index (χ2v) is 6.03. The molecule has 2 atom stereocenters. The first-order valence-electron chi connectivity index (χ1n) is 7.88. The van der Waals surface area contributed by atoms with Gasteiger partial charge in [-0.2, -0.15) is 0 Å². The molecule has 1 rings (SSSR count). The molecule has 0 spiro atoms. The first kappa shape index (κ1) is 17.0. The van der Waals surface area contributed by atoms with E-state index >= 15 is 0 Å². The van der Waals surface area contributed by atoms with Crippen LogP contribution in [0.15, 0.2) is 24.3 Å². The number of hydrogen-bond acceptors (Lipinski definition) is 2. The molecule has 0 aromatic heterocycles. The van der Waals surface area contributed by atoms with Crippen molar-refractivity contribution >= 4 is 0 Å². The van der Waals surface area contributed by atoms with Gasteiger partial charge in [-0.15, -0.1) is 0 Å². The van der Waals surface area contributed by atoms with E-state index in [1.807, 2.05) is 6.07 Å². The van der Waals surface area contributed by atoms with Gasteiger partial charge in [-0.05, 0) is 50.0 Å². The maximum Gasteiger partial charge on any atom is 0.119 e. The molecule has 0 saturated heterocycles. The van der Waals surface area contributed by atoms with Crippen molar-refractivity contribution in [3.63, 3.8) is 0 Å². The summed E-state index contributed by atoms with van der Waals surface area (Å²) in [5.41, 5.74) is 1.40. The van der Waals surface area contributed by atoms with Gasteiger partial charge in [0, 0.05) is 6.54 Å². The Kier molecular flexibility index (Phi) is 7.68. The van der Waals surface area contributed by atoms with Crippen LogP contribution in [0.25, 0.3) is 0 Å². The number of rotatable bonds is 9. The van der Waals surface area contributed by atoms with Crippen LogP contribution in [-0.4, -0.2) is 32.6 Å². The van der Waals surface area contributed by atoms with Gasteiger partial charge in [0.05, 0.1) is 7.11 Å². The van der Waals surface area contributed by atoms with Crippen LogP contribution in [0.1, 0.15) is 38.7 Å². The lowest BCUT2D eigenvalue weighted by atomic mass is 9.82. The van der Waals surface area contributed by atoms with E-state index in [1.165, 1.54) is 31.4 Å². The number of ether oxygens (including phenoxy) is 1. The molecule has 0 amide bonds. The summed E-state index contributed by atoms with van der Waals surface area (Å²) in [6.07, 6.45) is 4.99. The molecule has 1 unspecified atom stereocenters. The Morgan fingerprint density at radius 2 is 1.90 bits per heavy atom. The molecule has 114 valence electrons. The van der Waals surface area contributed by atoms with Crippen LogP contribution in [0.5, 0.6) is 5.75 Å². The zero-order valence-corrected chi connectivity index (χ0v) is 13.9. The van der Waals surface area contributed by atoms with Gasteiger partial charge in [-0.25, -0.2) is 0 Å². The zero-order valence-electron chi connectivity index (χ0n) is 13.9. The number of methoxy groups -OCH3 is 1. The Labute approximate surface area is 125 Å². The largest absolute Gasteiger partial charge is 0.497 e. The standard InChI is InChI=1S/C18H31NO/c1-6-9-17(16(7-2)14-19(3)4)12-15-10-8-11-18(13-15)20-5/h8,10-11,13,16-17H,6-7,9,12,14H2,1-5H3/t16-,17?/m1/s1. The van der Waals surface area contributed by atoms with Gasteiger partial charge in [0.15, 0.2) is 0 Å². The molecule has 0 N–H and O–H groups in total. The highest BCUT2D eigenvalue weighted by Crippen LogP contribution is 2.27. The maximum absolute atomic E-state index is 5.34. The van der Waals surface area contributed by atoms with Crippen molar-refractivity contribution in [1.29, 1.82) is 0 Å². The van der Waals surface area contributed by atoms with Crippen molar-refractivity contribution in [3.05, 3.63) is 29.8 Å². The minimum Gasteiger partial charge on any atom is -0.497 e. The third-order valence-electron chi connectivity index (χ3n) is 4.08. The van der Waals surface area contributed by atoms with Crippen molar-refractivity contribution in [1.82, 2.24) is 4.90 Å². The molecule has 2 heteroatoms. The molecule has 0 bridgehead atoms. The summed E-state index contributed by atoms with van der Waals surface area (Å²) in [6, 6.07) is 8.54. The Hall–Kier alpha value is -1.02. The molecule has 2 nitrogen and oxygen atoms in total. The fourth-order valence-corrected chi connectivity index (χ4v) is 3.06. The van der Waals surface area contributed by atoms with E-state index in [4.69, 9.17) is 4.74 Å². The average molecular weight is 277 g/mol. The predicted molar refractivity (Wildman–Crippen MR) is 87.4 cm³/mol. The summed E-state index contributed by atoms with van der Waals surface area (Å²) in [5.74, 6) is 2.51. The second kappa shape index (κ2) is 9.02. The van der Waals surface area contributed by atoms with E-state index in [0.29, 0.717) is 0 Å². The highest BCUT2D eigenvalue weighted by Gasteiger charge is 2.20. The van der Waals surface area contributed by atoms with Crippen molar-refractivity contribution in [2.45, 2.75) is 39.5 Å². The maximum atomic E-state index is 5.34. The Morgan fingerprint density at radius 1 is 1.15 bits per heavy atom. The van der Waals surface area contributed by atoms with Crippen LogP contribution in [0, 0.1) is 11.8 Å². The zero-order chi connectivity index (χ0) is 15.0. The molecular formula is C18H31NO. The topological polar surface area (TPSA) is 12.5 Å². The van der Waals surface area contributed by atoms with Crippen LogP contribution >= 0.6 is 0 Å². The third-order valence-corrected chi connectivity index (χ3v) is 4.08. The summed E-state index contributed by atoms with van der Waals surface area (Å²) in [7, 11) is 6.10. The molecule has 1 aromatic rings. The minimum atomic E-state index is 0.763. The van der Waals surface area contributed by atoms with Gasteiger partial charge in [0.2, 0.25) is 0 Å². The summed E-state index contributed by atoms with van der Waals surface area (Å²) >= 11 is 0. The number of hydrogen-bond donors (Lipinski definition) is 0. The predicted octanol–water partition coefficient (Wildman–Crippen LogP) is 4.24. The number of benzene rings is 1. The monoisotopic (exact) mass is 277 g/mol. The van der Waals surface area contributed by atoms with Crippen molar-refractivity contribution in [3.8, 4) is 5.75 Å². The minimum absolute atomic E-state index is 0.763. The van der Waals surface area contributed by atoms with Crippen molar-refractivity contribution in [2.75, 3.05) is 27.7 Å². The lowest BCUT2D eigenvalue weighted by molar-refractivity contribution is 0.226. The van der Waals surface area contributed by atoms with Gasteiger partial charge >= 0.3 is 0 Å². The molecule has 0 radical (unpaired) electrons. The summed E-state index contributed by atoms with van der Waals surface area (Å²) < 4.78 is 5.34. The van der Waals surface area contributed by atoms with E-state index in [9.17, 15) is 0 Å². The molecule has 0 fully saturated rings. The molecule has 20 heavy (non-hydrogen) atoms. The van der Waals surface area contributed by atoms with Crippen LogP contribution in [0.2, 0.25) is 0 Å². The molecular weight excluding hydrogens is 246 g/mol. The molecule has 0 saturated carbocycles. The first-order chi connectivity index (χ1) is 9.60. The van der Waals surface area contributed by atoms with E-state index in [2.05, 4.69) is 51.0 Å². The van der Waals surface area contributed by atoms with Crippen LogP contribution in [0.4, 0.5) is 0 Å².